The number of aryl methyl sites for hydroxylation is 1. The maximum atomic E-state index is 9.26. The fraction of sp³-hybridized carbons (Fsp3) is 0.556. The van der Waals surface area contributed by atoms with Crippen LogP contribution in [0.3, 0.4) is 0 Å². The standard InChI is InChI=1S/C15H19N7S.C2H6.CH4O/c1-9-5-14(23-21-9)20-15-12(6-16)18-7-13(19-15)22-8-11(17)4-3-10(22)2;2*1-2/h5,7,10-11H,3-4,8,17H2,1-2H3,(H,19,20);1-2H3;2H,1H3. The lowest BCUT2D eigenvalue weighted by molar-refractivity contribution is 0.399. The summed E-state index contributed by atoms with van der Waals surface area (Å²) in [7, 11) is 1.00. The maximum Gasteiger partial charge on any atom is 0.183 e. The molecule has 0 aliphatic carbocycles. The number of hydrogen-bond donors (Lipinski definition) is 3. The van der Waals surface area contributed by atoms with Crippen LogP contribution in [0.25, 0.3) is 0 Å². The van der Waals surface area contributed by atoms with E-state index in [1.165, 1.54) is 11.5 Å². The van der Waals surface area contributed by atoms with Crippen molar-refractivity contribution in [3.8, 4) is 6.07 Å². The minimum atomic E-state index is 0.143. The van der Waals surface area contributed by atoms with Gasteiger partial charge in [0.15, 0.2) is 11.5 Å². The van der Waals surface area contributed by atoms with Crippen LogP contribution in [0.4, 0.5) is 16.6 Å². The number of piperidine rings is 1. The van der Waals surface area contributed by atoms with Crippen LogP contribution in [0, 0.1) is 18.3 Å². The molecule has 1 aliphatic heterocycles. The highest BCUT2D eigenvalue weighted by molar-refractivity contribution is 7.10. The normalized spacial score (nSPS) is 18.4. The Morgan fingerprint density at radius 1 is 1.37 bits per heavy atom. The number of rotatable bonds is 3. The number of nitrogens with zero attached hydrogens (tertiary/aromatic N) is 5. The Bertz CT molecular complexity index is 744. The molecule has 2 aromatic heterocycles. The summed E-state index contributed by atoms with van der Waals surface area (Å²) in [5.74, 6) is 1.20. The van der Waals surface area contributed by atoms with Gasteiger partial charge in [0.1, 0.15) is 16.9 Å². The number of nitrogens with one attached hydrogen (secondary N) is 1. The zero-order valence-corrected chi connectivity index (χ0v) is 17.4. The monoisotopic (exact) mass is 391 g/mol. The van der Waals surface area contributed by atoms with Gasteiger partial charge in [-0.25, -0.2) is 9.97 Å². The molecule has 2 unspecified atom stereocenters. The van der Waals surface area contributed by atoms with Gasteiger partial charge in [-0.05, 0) is 44.3 Å². The second kappa shape index (κ2) is 11.4. The predicted octanol–water partition coefficient (Wildman–Crippen LogP) is 2.81. The Morgan fingerprint density at radius 2 is 2.07 bits per heavy atom. The second-order valence-corrected chi connectivity index (χ2v) is 6.64. The van der Waals surface area contributed by atoms with Gasteiger partial charge >= 0.3 is 0 Å². The van der Waals surface area contributed by atoms with Crippen LogP contribution in [0.5, 0.6) is 0 Å². The first kappa shape index (κ1) is 22.8. The van der Waals surface area contributed by atoms with Gasteiger partial charge in [-0.1, -0.05) is 13.8 Å². The predicted molar refractivity (Wildman–Crippen MR) is 110 cm³/mol. The molecule has 4 N–H and O–H groups in total. The topological polar surface area (TPSA) is 124 Å². The average Bonchev–Trinajstić information content (AvgIpc) is 3.11. The molecule has 0 saturated carbocycles. The van der Waals surface area contributed by atoms with Crippen molar-refractivity contribution < 1.29 is 5.11 Å². The van der Waals surface area contributed by atoms with Crippen molar-refractivity contribution in [2.45, 2.75) is 52.6 Å². The van der Waals surface area contributed by atoms with E-state index < -0.39 is 0 Å². The lowest BCUT2D eigenvalue weighted by Crippen LogP contribution is -2.48. The van der Waals surface area contributed by atoms with E-state index >= 15 is 0 Å². The quantitative estimate of drug-likeness (QED) is 0.729. The molecule has 8 nitrogen and oxygen atoms in total. The lowest BCUT2D eigenvalue weighted by Gasteiger charge is -2.37. The van der Waals surface area contributed by atoms with E-state index in [4.69, 9.17) is 10.8 Å². The summed E-state index contributed by atoms with van der Waals surface area (Å²) in [5.41, 5.74) is 7.28. The fourth-order valence-electron chi connectivity index (χ4n) is 2.68. The molecule has 1 saturated heterocycles. The molecule has 27 heavy (non-hydrogen) atoms. The van der Waals surface area contributed by atoms with E-state index in [0.29, 0.717) is 11.9 Å². The van der Waals surface area contributed by atoms with Crippen LogP contribution in [0.15, 0.2) is 12.3 Å². The largest absolute Gasteiger partial charge is 0.400 e. The summed E-state index contributed by atoms with van der Waals surface area (Å²) in [4.78, 5) is 11.0. The number of aliphatic hydroxyl groups is 1. The minimum Gasteiger partial charge on any atom is -0.400 e. The SMILES string of the molecule is CC.CO.Cc1cc(Nc2nc(N3CC(N)CCC3C)cnc2C#N)sn1. The summed E-state index contributed by atoms with van der Waals surface area (Å²) in [6.07, 6.45) is 3.70. The number of aromatic nitrogens is 3. The lowest BCUT2D eigenvalue weighted by atomic mass is 10.0. The molecule has 1 fully saturated rings. The number of hydrogen-bond acceptors (Lipinski definition) is 9. The number of nitrogens with two attached hydrogens (primary N) is 1. The van der Waals surface area contributed by atoms with Crippen LogP contribution in [-0.2, 0) is 0 Å². The van der Waals surface area contributed by atoms with E-state index in [1.807, 2.05) is 26.8 Å². The molecular weight excluding hydrogens is 362 g/mol. The Labute approximate surface area is 165 Å². The molecule has 0 amide bonds. The average molecular weight is 392 g/mol. The first-order valence-electron chi connectivity index (χ1n) is 9.01. The molecule has 148 valence electrons. The molecule has 0 radical (unpaired) electrons. The van der Waals surface area contributed by atoms with E-state index in [1.54, 1.807) is 6.20 Å². The Morgan fingerprint density at radius 3 is 2.67 bits per heavy atom. The smallest absolute Gasteiger partial charge is 0.183 e. The molecule has 0 bridgehead atoms. The summed E-state index contributed by atoms with van der Waals surface area (Å²) in [5, 5.41) is 20.3. The van der Waals surface area contributed by atoms with Gasteiger partial charge < -0.3 is 21.1 Å². The van der Waals surface area contributed by atoms with E-state index in [-0.39, 0.29) is 11.7 Å². The van der Waals surface area contributed by atoms with Gasteiger partial charge in [-0.15, -0.1) is 0 Å². The molecule has 9 heteroatoms. The third kappa shape index (κ3) is 6.13. The summed E-state index contributed by atoms with van der Waals surface area (Å²) >= 11 is 1.33. The number of aliphatic hydroxyl groups excluding tert-OH is 1. The van der Waals surface area contributed by atoms with Crippen molar-refractivity contribution in [3.05, 3.63) is 23.7 Å². The van der Waals surface area contributed by atoms with Crippen LogP contribution in [0.1, 0.15) is 45.0 Å². The van der Waals surface area contributed by atoms with E-state index in [9.17, 15) is 5.26 Å². The Balaban J connectivity index is 0.000000855. The van der Waals surface area contributed by atoms with E-state index in [0.717, 1.165) is 43.0 Å². The summed E-state index contributed by atoms with van der Waals surface area (Å²) in [6.45, 7) is 8.83. The molecule has 1 aliphatic rings. The molecule has 0 aromatic carbocycles. The first-order chi connectivity index (χ1) is 13.1. The first-order valence-corrected chi connectivity index (χ1v) is 9.78. The highest BCUT2D eigenvalue weighted by Crippen LogP contribution is 2.27. The van der Waals surface area contributed by atoms with Crippen LogP contribution in [0.2, 0.25) is 0 Å². The van der Waals surface area contributed by atoms with Crippen molar-refractivity contribution in [3.63, 3.8) is 0 Å². The van der Waals surface area contributed by atoms with Crippen molar-refractivity contribution >= 4 is 28.2 Å². The molecule has 3 rings (SSSR count). The molecular formula is C18H29N7OS. The minimum absolute atomic E-state index is 0.143. The zero-order valence-electron chi connectivity index (χ0n) is 16.6. The van der Waals surface area contributed by atoms with Gasteiger partial charge in [0, 0.05) is 25.7 Å². The van der Waals surface area contributed by atoms with Crippen LogP contribution >= 0.6 is 11.5 Å². The zero-order chi connectivity index (χ0) is 20.4. The molecule has 3 heterocycles. The summed E-state index contributed by atoms with van der Waals surface area (Å²) < 4.78 is 4.22. The summed E-state index contributed by atoms with van der Waals surface area (Å²) in [6, 6.07) is 4.49. The van der Waals surface area contributed by atoms with Crippen molar-refractivity contribution in [2.75, 3.05) is 23.9 Å². The van der Waals surface area contributed by atoms with E-state index in [2.05, 4.69) is 37.6 Å². The van der Waals surface area contributed by atoms with Gasteiger partial charge in [0.25, 0.3) is 0 Å². The number of nitriles is 1. The van der Waals surface area contributed by atoms with Crippen molar-refractivity contribution in [2.24, 2.45) is 5.73 Å². The van der Waals surface area contributed by atoms with Gasteiger partial charge in [0.2, 0.25) is 0 Å². The maximum absolute atomic E-state index is 9.26. The van der Waals surface area contributed by atoms with Crippen molar-refractivity contribution in [1.29, 1.82) is 5.26 Å². The molecule has 2 aromatic rings. The fourth-order valence-corrected chi connectivity index (χ4v) is 3.34. The third-order valence-electron chi connectivity index (χ3n) is 3.95. The molecule has 0 spiro atoms. The second-order valence-electron chi connectivity index (χ2n) is 5.83. The molecule has 2 atom stereocenters. The Kier molecular flexibility index (Phi) is 9.64. The van der Waals surface area contributed by atoms with Gasteiger partial charge in [0.05, 0.1) is 11.9 Å². The Hall–Kier alpha value is -2.28. The van der Waals surface area contributed by atoms with Crippen molar-refractivity contribution in [1.82, 2.24) is 14.3 Å². The van der Waals surface area contributed by atoms with Crippen LogP contribution < -0.4 is 16.0 Å². The van der Waals surface area contributed by atoms with Crippen LogP contribution in [-0.4, -0.2) is 45.2 Å². The van der Waals surface area contributed by atoms with Gasteiger partial charge in [-0.2, -0.15) is 9.64 Å². The third-order valence-corrected chi connectivity index (χ3v) is 4.74. The highest BCUT2D eigenvalue weighted by atomic mass is 32.1. The highest BCUT2D eigenvalue weighted by Gasteiger charge is 2.25. The number of anilines is 3. The van der Waals surface area contributed by atoms with Gasteiger partial charge in [-0.3, -0.25) is 0 Å².